The van der Waals surface area contributed by atoms with Crippen LogP contribution < -0.4 is 15.5 Å². The Morgan fingerprint density at radius 2 is 1.04 bits per heavy atom. The van der Waals surface area contributed by atoms with Gasteiger partial charge in [-0.1, -0.05) is 48.6 Å². The van der Waals surface area contributed by atoms with Gasteiger partial charge >= 0.3 is 12.2 Å². The minimum Gasteiger partial charge on any atom is -0.444 e. The molecular formula is C40H46FN5O6. The van der Waals surface area contributed by atoms with Gasteiger partial charge in [0.2, 0.25) is 0 Å². The van der Waals surface area contributed by atoms with Gasteiger partial charge in [-0.3, -0.25) is 19.4 Å². The zero-order valence-electron chi connectivity index (χ0n) is 30.4. The lowest BCUT2D eigenvalue weighted by Crippen LogP contribution is -2.45. The van der Waals surface area contributed by atoms with Crippen molar-refractivity contribution in [3.63, 3.8) is 0 Å². The summed E-state index contributed by atoms with van der Waals surface area (Å²) in [5, 5.41) is 5.78. The van der Waals surface area contributed by atoms with E-state index >= 15 is 0 Å². The van der Waals surface area contributed by atoms with Crippen LogP contribution in [0.4, 0.5) is 31.0 Å². The van der Waals surface area contributed by atoms with Gasteiger partial charge in [-0.15, -0.1) is 0 Å². The number of hydrogen-bond donors (Lipinski definition) is 2. The van der Waals surface area contributed by atoms with Gasteiger partial charge in [-0.05, 0) is 101 Å². The molecule has 0 saturated heterocycles. The zero-order valence-corrected chi connectivity index (χ0v) is 30.4. The van der Waals surface area contributed by atoms with Crippen LogP contribution in [0, 0.1) is 5.82 Å². The molecule has 0 bridgehead atoms. The van der Waals surface area contributed by atoms with Crippen LogP contribution in [0.15, 0.2) is 97.1 Å². The van der Waals surface area contributed by atoms with E-state index in [1.54, 1.807) is 102 Å². The average Bonchev–Trinajstić information content (AvgIpc) is 3.76. The summed E-state index contributed by atoms with van der Waals surface area (Å²) in [5.74, 6) is -1.03. The molecule has 2 unspecified atom stereocenters. The molecule has 0 fully saturated rings. The summed E-state index contributed by atoms with van der Waals surface area (Å²) in [6, 6.07) is 19.5. The molecule has 0 aliphatic carbocycles. The minimum absolute atomic E-state index is 0.287. The molecule has 52 heavy (non-hydrogen) atoms. The summed E-state index contributed by atoms with van der Waals surface area (Å²) in [4.78, 5) is 56.4. The van der Waals surface area contributed by atoms with Crippen LogP contribution in [0.1, 0.15) is 52.7 Å². The molecule has 3 aromatic rings. The molecule has 0 saturated carbocycles. The number of carbonyl (C=O) groups excluding carboxylic acids is 4. The fourth-order valence-electron chi connectivity index (χ4n) is 5.67. The van der Waals surface area contributed by atoms with E-state index in [4.69, 9.17) is 9.47 Å². The molecule has 5 rings (SSSR count). The van der Waals surface area contributed by atoms with Crippen molar-refractivity contribution in [1.82, 2.24) is 9.80 Å². The van der Waals surface area contributed by atoms with Gasteiger partial charge in [0.25, 0.3) is 11.8 Å². The van der Waals surface area contributed by atoms with E-state index in [0.29, 0.717) is 24.5 Å². The topological polar surface area (TPSA) is 121 Å². The van der Waals surface area contributed by atoms with Gasteiger partial charge in [0.15, 0.2) is 0 Å². The number of nitrogens with zero attached hydrogens (tertiary/aromatic N) is 3. The Hall–Kier alpha value is -5.65. The van der Waals surface area contributed by atoms with E-state index in [9.17, 15) is 23.6 Å². The van der Waals surface area contributed by atoms with E-state index in [0.717, 1.165) is 16.8 Å². The monoisotopic (exact) mass is 711 g/mol. The van der Waals surface area contributed by atoms with Gasteiger partial charge in [-0.2, -0.15) is 0 Å². The predicted molar refractivity (Wildman–Crippen MR) is 198 cm³/mol. The summed E-state index contributed by atoms with van der Waals surface area (Å²) in [5.41, 5.74) is 2.49. The highest BCUT2D eigenvalue weighted by Crippen LogP contribution is 2.24. The number of amides is 4. The largest absolute Gasteiger partial charge is 0.444 e. The number of halogens is 1. The fourth-order valence-corrected chi connectivity index (χ4v) is 5.67. The Balaban J connectivity index is 1.22. The maximum absolute atomic E-state index is 13.9. The van der Waals surface area contributed by atoms with E-state index in [-0.39, 0.29) is 30.7 Å². The molecule has 0 spiro atoms. The van der Waals surface area contributed by atoms with E-state index in [2.05, 4.69) is 15.5 Å². The molecular weight excluding hydrogens is 665 g/mol. The average molecular weight is 712 g/mol. The lowest BCUT2D eigenvalue weighted by Gasteiger charge is -2.28. The molecule has 2 aliphatic rings. The lowest BCUT2D eigenvalue weighted by molar-refractivity contribution is -0.120. The molecule has 12 heteroatoms. The van der Waals surface area contributed by atoms with Crippen LogP contribution in [0.25, 0.3) is 0 Å². The van der Waals surface area contributed by atoms with Crippen LogP contribution >= 0.6 is 0 Å². The SMILES string of the molecule is CC(C)(C)OC(=O)N1CC=CC1C(=O)Nc1ccc(CN(Cc2ccc(NC(=O)C3C=CCN3C(=O)OC(C)(C)C)cc2)c2ccc(F)cc2)cc1. The number of hydrogen-bond acceptors (Lipinski definition) is 7. The van der Waals surface area contributed by atoms with Crippen molar-refractivity contribution in [1.29, 1.82) is 0 Å². The second kappa shape index (κ2) is 15.7. The Morgan fingerprint density at radius 3 is 1.40 bits per heavy atom. The van der Waals surface area contributed by atoms with E-state index in [1.807, 2.05) is 24.3 Å². The summed E-state index contributed by atoms with van der Waals surface area (Å²) in [7, 11) is 0. The maximum atomic E-state index is 13.9. The van der Waals surface area contributed by atoms with Crippen molar-refractivity contribution < 1.29 is 33.0 Å². The predicted octanol–water partition coefficient (Wildman–Crippen LogP) is 7.26. The molecule has 11 nitrogen and oxygen atoms in total. The van der Waals surface area contributed by atoms with Gasteiger partial charge < -0.3 is 25.0 Å². The van der Waals surface area contributed by atoms with Crippen molar-refractivity contribution in [3.05, 3.63) is 114 Å². The number of carbonyl (C=O) groups is 4. The highest BCUT2D eigenvalue weighted by molar-refractivity contribution is 5.99. The first-order chi connectivity index (χ1) is 24.5. The fraction of sp³-hybridized carbons (Fsp3) is 0.350. The van der Waals surface area contributed by atoms with Crippen LogP contribution in [-0.4, -0.2) is 70.2 Å². The summed E-state index contributed by atoms with van der Waals surface area (Å²) >= 11 is 0. The molecule has 2 aliphatic heterocycles. The lowest BCUT2D eigenvalue weighted by atomic mass is 10.1. The summed E-state index contributed by atoms with van der Waals surface area (Å²) in [6.07, 6.45) is 5.78. The third-order valence-corrected chi connectivity index (χ3v) is 8.09. The first-order valence-corrected chi connectivity index (χ1v) is 17.2. The second-order valence-electron chi connectivity index (χ2n) is 14.7. The smallest absolute Gasteiger partial charge is 0.411 e. The molecule has 3 aromatic carbocycles. The summed E-state index contributed by atoms with van der Waals surface area (Å²) in [6.45, 7) is 12.2. The number of rotatable bonds is 9. The Bertz CT molecular complexity index is 1700. The molecule has 0 radical (unpaired) electrons. The molecule has 274 valence electrons. The molecule has 2 N–H and O–H groups in total. The van der Waals surface area contributed by atoms with Crippen molar-refractivity contribution >= 4 is 41.1 Å². The van der Waals surface area contributed by atoms with Crippen LogP contribution in [-0.2, 0) is 32.2 Å². The first kappa shape index (κ1) is 37.6. The van der Waals surface area contributed by atoms with Crippen molar-refractivity contribution in [2.45, 2.75) is 77.9 Å². The van der Waals surface area contributed by atoms with Gasteiger partial charge in [-0.25, -0.2) is 14.0 Å². The Morgan fingerprint density at radius 1 is 0.654 bits per heavy atom. The van der Waals surface area contributed by atoms with Crippen molar-refractivity contribution in [3.8, 4) is 0 Å². The van der Waals surface area contributed by atoms with Crippen LogP contribution in [0.2, 0.25) is 0 Å². The number of benzene rings is 3. The highest BCUT2D eigenvalue weighted by Gasteiger charge is 2.35. The molecule has 4 amide bonds. The molecule has 2 atom stereocenters. The third kappa shape index (κ3) is 10.2. The standard InChI is InChI=1S/C40H46FN5O6/c1-39(2,3)51-37(49)45-23-7-9-33(45)35(47)42-30-17-11-27(12-18-30)25-44(32-21-15-29(41)16-22-32)26-28-13-19-31(20-14-28)43-36(48)34-10-8-24-46(34)38(50)52-40(4,5)6/h7-22,33-34H,23-26H2,1-6H3,(H,42,47)(H,43,48). The van der Waals surface area contributed by atoms with E-state index < -0.39 is 35.5 Å². The quantitative estimate of drug-likeness (QED) is 0.224. The number of anilines is 3. The van der Waals surface area contributed by atoms with Gasteiger partial charge in [0.1, 0.15) is 29.1 Å². The van der Waals surface area contributed by atoms with Crippen LogP contribution in [0.3, 0.4) is 0 Å². The first-order valence-electron chi connectivity index (χ1n) is 17.2. The van der Waals surface area contributed by atoms with Gasteiger partial charge in [0, 0.05) is 43.2 Å². The maximum Gasteiger partial charge on any atom is 0.411 e. The zero-order chi connectivity index (χ0) is 37.6. The third-order valence-electron chi connectivity index (χ3n) is 8.09. The minimum atomic E-state index is -0.783. The van der Waals surface area contributed by atoms with Crippen molar-refractivity contribution in [2.24, 2.45) is 0 Å². The van der Waals surface area contributed by atoms with E-state index in [1.165, 1.54) is 21.9 Å². The normalized spacial score (nSPS) is 16.8. The second-order valence-corrected chi connectivity index (χ2v) is 14.7. The summed E-state index contributed by atoms with van der Waals surface area (Å²) < 4.78 is 24.8. The Kier molecular flexibility index (Phi) is 11.4. The Labute approximate surface area is 304 Å². The van der Waals surface area contributed by atoms with Gasteiger partial charge in [0.05, 0.1) is 0 Å². The molecule has 0 aromatic heterocycles. The highest BCUT2D eigenvalue weighted by atomic mass is 19.1. The number of ether oxygens (including phenoxy) is 2. The van der Waals surface area contributed by atoms with Crippen LogP contribution in [0.5, 0.6) is 0 Å². The molecule has 2 heterocycles. The number of nitrogens with one attached hydrogen (secondary N) is 2. The van der Waals surface area contributed by atoms with Crippen molar-refractivity contribution in [2.75, 3.05) is 28.6 Å².